The lowest BCUT2D eigenvalue weighted by molar-refractivity contribution is 0.281. The number of anilines is 2. The highest BCUT2D eigenvalue weighted by Crippen LogP contribution is 2.27. The van der Waals surface area contributed by atoms with Gasteiger partial charge in [-0.25, -0.2) is 23.7 Å². The normalized spacial score (nSPS) is 13.1. The minimum absolute atomic E-state index is 0.0181. The lowest BCUT2D eigenvalue weighted by Crippen LogP contribution is -2.23. The SMILES string of the molecule is Cc1cc(C(C)Nc2nc3c(N[C@H](C)CO)nc(SCc4cccc(F)c4F)nc3[nH]c2=O)on1. The van der Waals surface area contributed by atoms with Gasteiger partial charge in [0.05, 0.1) is 18.3 Å². The van der Waals surface area contributed by atoms with E-state index in [0.717, 1.165) is 17.8 Å². The number of fused-ring (bicyclic) bond motifs is 1. The van der Waals surface area contributed by atoms with Crippen LogP contribution in [0.4, 0.5) is 20.4 Å². The van der Waals surface area contributed by atoms with Crippen LogP contribution >= 0.6 is 11.8 Å². The van der Waals surface area contributed by atoms with Gasteiger partial charge in [0.25, 0.3) is 5.56 Å². The maximum Gasteiger partial charge on any atom is 0.292 e. The Bertz CT molecular complexity index is 1410. The maximum absolute atomic E-state index is 14.0. The first-order chi connectivity index (χ1) is 16.7. The van der Waals surface area contributed by atoms with Crippen molar-refractivity contribution in [3.05, 3.63) is 63.3 Å². The van der Waals surface area contributed by atoms with E-state index >= 15 is 0 Å². The minimum atomic E-state index is -0.940. The van der Waals surface area contributed by atoms with E-state index in [2.05, 4.69) is 35.7 Å². The number of rotatable bonds is 9. The third-order valence-corrected chi connectivity index (χ3v) is 5.90. The summed E-state index contributed by atoms with van der Waals surface area (Å²) in [6.07, 6.45) is 0. The van der Waals surface area contributed by atoms with Crippen molar-refractivity contribution in [1.29, 1.82) is 0 Å². The van der Waals surface area contributed by atoms with Crippen LogP contribution in [0.2, 0.25) is 0 Å². The number of halogens is 2. The van der Waals surface area contributed by atoms with Gasteiger partial charge in [-0.3, -0.25) is 4.79 Å². The fourth-order valence-corrected chi connectivity index (χ4v) is 3.98. The maximum atomic E-state index is 14.0. The average Bonchev–Trinajstić information content (AvgIpc) is 3.27. The fourth-order valence-electron chi connectivity index (χ4n) is 3.16. The third kappa shape index (κ3) is 5.57. The van der Waals surface area contributed by atoms with Gasteiger partial charge >= 0.3 is 0 Å². The molecule has 0 saturated carbocycles. The molecule has 0 amide bonds. The topological polar surface area (TPSA) is 142 Å². The summed E-state index contributed by atoms with van der Waals surface area (Å²) in [6.45, 7) is 5.14. The molecule has 4 N–H and O–H groups in total. The predicted molar refractivity (Wildman–Crippen MR) is 127 cm³/mol. The molecule has 35 heavy (non-hydrogen) atoms. The molecule has 0 bridgehead atoms. The van der Waals surface area contributed by atoms with Crippen LogP contribution in [0.1, 0.15) is 36.9 Å². The number of H-pyrrole nitrogens is 1. The zero-order valence-corrected chi connectivity index (χ0v) is 19.9. The molecule has 0 saturated heterocycles. The molecule has 0 spiro atoms. The Balaban J connectivity index is 1.68. The summed E-state index contributed by atoms with van der Waals surface area (Å²) >= 11 is 1.06. The molecule has 0 aliphatic rings. The Kier molecular flexibility index (Phi) is 7.26. The van der Waals surface area contributed by atoms with E-state index in [9.17, 15) is 18.7 Å². The number of aryl methyl sites for hydroxylation is 1. The van der Waals surface area contributed by atoms with E-state index in [1.165, 1.54) is 12.1 Å². The van der Waals surface area contributed by atoms with E-state index in [-0.39, 0.29) is 51.9 Å². The van der Waals surface area contributed by atoms with Crippen LogP contribution < -0.4 is 16.2 Å². The molecular formula is C22H23F2N7O3S. The van der Waals surface area contributed by atoms with Crippen molar-refractivity contribution in [2.75, 3.05) is 17.2 Å². The van der Waals surface area contributed by atoms with Crippen molar-refractivity contribution in [2.24, 2.45) is 0 Å². The third-order valence-electron chi connectivity index (χ3n) is 5.01. The van der Waals surface area contributed by atoms with Crippen LogP contribution in [0.5, 0.6) is 0 Å². The molecule has 13 heteroatoms. The van der Waals surface area contributed by atoms with Gasteiger partial charge in [0.1, 0.15) is 0 Å². The van der Waals surface area contributed by atoms with Gasteiger partial charge in [-0.05, 0) is 26.8 Å². The summed E-state index contributed by atoms with van der Waals surface area (Å²) in [6, 6.07) is 4.90. The van der Waals surface area contributed by atoms with E-state index < -0.39 is 23.2 Å². The Morgan fingerprint density at radius 2 is 1.97 bits per heavy atom. The van der Waals surface area contributed by atoms with Crippen molar-refractivity contribution in [1.82, 2.24) is 25.1 Å². The molecule has 4 aromatic rings. The van der Waals surface area contributed by atoms with Crippen LogP contribution in [-0.2, 0) is 5.75 Å². The molecule has 0 radical (unpaired) electrons. The van der Waals surface area contributed by atoms with Gasteiger partial charge < -0.3 is 25.2 Å². The fraction of sp³-hybridized carbons (Fsp3) is 0.318. The average molecular weight is 504 g/mol. The Labute approximate surface area is 202 Å². The number of benzene rings is 1. The van der Waals surface area contributed by atoms with Crippen LogP contribution in [0, 0.1) is 18.6 Å². The second-order valence-corrected chi connectivity index (χ2v) is 8.88. The molecule has 3 heterocycles. The van der Waals surface area contributed by atoms with Crippen molar-refractivity contribution >= 4 is 34.6 Å². The number of aromatic nitrogens is 5. The summed E-state index contributed by atoms with van der Waals surface area (Å²) in [5.41, 5.74) is 0.741. The summed E-state index contributed by atoms with van der Waals surface area (Å²) < 4.78 is 32.8. The molecular weight excluding hydrogens is 480 g/mol. The summed E-state index contributed by atoms with van der Waals surface area (Å²) in [5.74, 6) is -0.996. The van der Waals surface area contributed by atoms with Crippen molar-refractivity contribution in [2.45, 2.75) is 43.8 Å². The van der Waals surface area contributed by atoms with E-state index in [1.807, 2.05) is 0 Å². The highest BCUT2D eigenvalue weighted by Gasteiger charge is 2.18. The molecule has 0 aliphatic carbocycles. The summed E-state index contributed by atoms with van der Waals surface area (Å²) in [7, 11) is 0. The van der Waals surface area contributed by atoms with Gasteiger partial charge in [-0.1, -0.05) is 29.1 Å². The lowest BCUT2D eigenvalue weighted by atomic mass is 10.2. The monoisotopic (exact) mass is 503 g/mol. The number of nitrogens with zero attached hydrogens (tertiary/aromatic N) is 4. The molecule has 3 aromatic heterocycles. The van der Waals surface area contributed by atoms with Crippen LogP contribution in [0.25, 0.3) is 11.2 Å². The molecule has 0 aliphatic heterocycles. The number of thioether (sulfide) groups is 1. The quantitative estimate of drug-likeness (QED) is 0.198. The van der Waals surface area contributed by atoms with E-state index in [0.29, 0.717) is 11.5 Å². The van der Waals surface area contributed by atoms with E-state index in [4.69, 9.17) is 4.52 Å². The Morgan fingerprint density at radius 1 is 1.17 bits per heavy atom. The van der Waals surface area contributed by atoms with Crippen molar-refractivity contribution < 1.29 is 18.4 Å². The van der Waals surface area contributed by atoms with Gasteiger partial charge in [0.15, 0.2) is 45.4 Å². The molecule has 2 atom stereocenters. The first-order valence-electron chi connectivity index (χ1n) is 10.7. The second kappa shape index (κ2) is 10.4. The van der Waals surface area contributed by atoms with Crippen LogP contribution in [0.15, 0.2) is 38.7 Å². The Hall–Kier alpha value is -3.58. The Morgan fingerprint density at radius 3 is 2.69 bits per heavy atom. The zero-order chi connectivity index (χ0) is 25.1. The zero-order valence-electron chi connectivity index (χ0n) is 19.1. The first kappa shape index (κ1) is 24.5. The second-order valence-electron chi connectivity index (χ2n) is 7.93. The van der Waals surface area contributed by atoms with Crippen molar-refractivity contribution in [3.8, 4) is 0 Å². The number of aromatic amines is 1. The largest absolute Gasteiger partial charge is 0.394 e. The molecule has 10 nitrogen and oxygen atoms in total. The smallest absolute Gasteiger partial charge is 0.292 e. The first-order valence-corrected chi connectivity index (χ1v) is 11.7. The van der Waals surface area contributed by atoms with Gasteiger partial charge in [-0.2, -0.15) is 0 Å². The number of aliphatic hydroxyl groups excluding tert-OH is 1. The number of aliphatic hydroxyl groups is 1. The standard InChI is InChI=1S/C22H23F2N7O3S/c1-10-7-15(34-31-10)12(3)26-20-21(33)28-19-17(27-20)18(25-11(2)8-32)29-22(30-19)35-9-13-5-4-6-14(23)16(13)24/h4-7,11-12,32H,8-9H2,1-3H3,(H,26,27)(H2,25,28,29,30,33)/t11-,12?/m1/s1. The molecule has 1 aromatic carbocycles. The number of hydrogen-bond acceptors (Lipinski definition) is 10. The highest BCUT2D eigenvalue weighted by atomic mass is 32.2. The number of hydrogen-bond donors (Lipinski definition) is 4. The van der Waals surface area contributed by atoms with Crippen LogP contribution in [0.3, 0.4) is 0 Å². The van der Waals surface area contributed by atoms with Crippen molar-refractivity contribution in [3.63, 3.8) is 0 Å². The highest BCUT2D eigenvalue weighted by molar-refractivity contribution is 7.98. The summed E-state index contributed by atoms with van der Waals surface area (Å²) in [5, 5.41) is 19.6. The van der Waals surface area contributed by atoms with Gasteiger partial charge in [0.2, 0.25) is 0 Å². The van der Waals surface area contributed by atoms with E-state index in [1.54, 1.807) is 26.8 Å². The number of nitrogens with one attached hydrogen (secondary N) is 3. The molecule has 4 rings (SSSR count). The van der Waals surface area contributed by atoms with Crippen LogP contribution in [-0.4, -0.2) is 42.8 Å². The van der Waals surface area contributed by atoms with Gasteiger partial charge in [-0.15, -0.1) is 0 Å². The lowest BCUT2D eigenvalue weighted by Gasteiger charge is -2.15. The van der Waals surface area contributed by atoms with Gasteiger partial charge in [0, 0.05) is 23.4 Å². The molecule has 184 valence electrons. The summed E-state index contributed by atoms with van der Waals surface area (Å²) in [4.78, 5) is 28.6. The molecule has 1 unspecified atom stereocenters. The minimum Gasteiger partial charge on any atom is -0.394 e. The molecule has 0 fully saturated rings. The predicted octanol–water partition coefficient (Wildman–Crippen LogP) is 3.55.